The topological polar surface area (TPSA) is 139 Å². The van der Waals surface area contributed by atoms with Crippen molar-refractivity contribution in [2.45, 2.75) is 24.9 Å². The van der Waals surface area contributed by atoms with Crippen LogP contribution in [0.3, 0.4) is 0 Å². The van der Waals surface area contributed by atoms with Crippen molar-refractivity contribution in [1.29, 1.82) is 0 Å². The van der Waals surface area contributed by atoms with Crippen LogP contribution >= 0.6 is 22.7 Å². The molecule has 3 atom stereocenters. The predicted molar refractivity (Wildman–Crippen MR) is 151 cm³/mol. The van der Waals surface area contributed by atoms with Crippen molar-refractivity contribution in [2.24, 2.45) is 0 Å². The minimum Gasteiger partial charge on any atom is -0.453 e. The molecule has 4 N–H and O–H groups in total. The van der Waals surface area contributed by atoms with E-state index in [4.69, 9.17) is 14.3 Å². The fraction of sp³-hybridized carbons (Fsp3) is 0.192. The van der Waals surface area contributed by atoms with Gasteiger partial charge in [0.1, 0.15) is 11.0 Å². The normalized spacial score (nSPS) is 13.2. The summed E-state index contributed by atoms with van der Waals surface area (Å²) in [6.45, 7) is 0. The highest BCUT2D eigenvalue weighted by atomic mass is 32.2. The zero-order chi connectivity index (χ0) is 27.6. The number of rotatable bonds is 12. The lowest BCUT2D eigenvalue weighted by Crippen LogP contribution is -2.49. The molecule has 2 aromatic heterocycles. The van der Waals surface area contributed by atoms with Gasteiger partial charge < -0.3 is 15.4 Å². The largest absolute Gasteiger partial charge is 0.453 e. The van der Waals surface area contributed by atoms with Gasteiger partial charge >= 0.3 is 17.5 Å². The van der Waals surface area contributed by atoms with Gasteiger partial charge in [-0.15, -0.1) is 27.0 Å². The minimum atomic E-state index is -2.45. The average Bonchev–Trinajstić information content (AvgIpc) is 3.65. The van der Waals surface area contributed by atoms with Crippen LogP contribution in [0.4, 0.5) is 10.5 Å². The Kier molecular flexibility index (Phi) is 10.2. The summed E-state index contributed by atoms with van der Waals surface area (Å²) in [6.07, 6.45) is -0.0164. The standard InChI is InChI=1S/C26H26N4O6S3/c1-35-26(32)29-20(14-17-6-3-2-4-7-17)24(31)27-21(25-28-22(16-38-25)23-8-5-13-37-23)15-18-9-11-19(12-10-18)30-36-39(33)34/h2-13,16,20-21,30H,14-15H2,1H3,(H,27,31)(H,29,32)(H,33,34)/t20-,21-/m0/s1. The number of methoxy groups -OCH3 is 1. The van der Waals surface area contributed by atoms with Crippen LogP contribution in [0.5, 0.6) is 0 Å². The second-order valence-corrected chi connectivity index (χ2v) is 10.7. The molecule has 0 aliphatic rings. The molecule has 0 saturated heterocycles. The van der Waals surface area contributed by atoms with Gasteiger partial charge in [0.05, 0.1) is 29.4 Å². The quantitative estimate of drug-likeness (QED) is 0.138. The SMILES string of the molecule is COC(=O)N[C@@H](Cc1ccccc1)C(=O)N[C@@H](Cc1ccc(NOS(=O)O)cc1)c1nc(-c2cccs2)cs1. The molecule has 4 aromatic rings. The second-order valence-electron chi connectivity index (χ2n) is 8.29. The molecule has 0 bridgehead atoms. The Balaban J connectivity index is 1.56. The van der Waals surface area contributed by atoms with Crippen LogP contribution in [0.25, 0.3) is 10.6 Å². The van der Waals surface area contributed by atoms with E-state index in [1.165, 1.54) is 18.4 Å². The fourth-order valence-corrected chi connectivity index (χ4v) is 5.54. The van der Waals surface area contributed by atoms with Gasteiger partial charge in [-0.2, -0.15) is 4.21 Å². The maximum Gasteiger partial charge on any atom is 0.407 e. The highest BCUT2D eigenvalue weighted by molar-refractivity contribution is 7.74. The van der Waals surface area contributed by atoms with Crippen molar-refractivity contribution in [1.82, 2.24) is 15.6 Å². The number of ether oxygens (including phenoxy) is 1. The number of aromatic nitrogens is 1. The first kappa shape index (κ1) is 28.4. The van der Waals surface area contributed by atoms with Crippen molar-refractivity contribution < 1.29 is 27.4 Å². The van der Waals surface area contributed by atoms with Gasteiger partial charge in [-0.25, -0.2) is 15.3 Å². The number of benzene rings is 2. The number of anilines is 1. The number of hydrogen-bond donors (Lipinski definition) is 4. The lowest BCUT2D eigenvalue weighted by molar-refractivity contribution is -0.123. The Hall–Kier alpha value is -3.62. The number of carbonyl (C=O) groups excluding carboxylic acids is 2. The molecule has 13 heteroatoms. The number of nitrogens with one attached hydrogen (secondary N) is 3. The summed E-state index contributed by atoms with van der Waals surface area (Å²) in [4.78, 5) is 31.4. The molecule has 0 radical (unpaired) electrons. The number of hydrogen-bond acceptors (Lipinski definition) is 9. The van der Waals surface area contributed by atoms with E-state index >= 15 is 0 Å². The minimum absolute atomic E-state index is 0.277. The van der Waals surface area contributed by atoms with Crippen molar-refractivity contribution in [3.05, 3.63) is 93.6 Å². The van der Waals surface area contributed by atoms with Crippen LogP contribution < -0.4 is 16.1 Å². The highest BCUT2D eigenvalue weighted by Crippen LogP contribution is 2.30. The number of carbonyl (C=O) groups is 2. The molecule has 1 unspecified atom stereocenters. The zero-order valence-electron chi connectivity index (χ0n) is 20.7. The molecule has 2 aromatic carbocycles. The van der Waals surface area contributed by atoms with E-state index in [0.29, 0.717) is 17.1 Å². The third-order valence-corrected chi connectivity index (χ3v) is 7.69. The van der Waals surface area contributed by atoms with E-state index in [0.717, 1.165) is 21.7 Å². The van der Waals surface area contributed by atoms with Gasteiger partial charge in [-0.1, -0.05) is 48.5 Å². The number of alkyl carbamates (subject to hydrolysis) is 1. The number of thiophene rings is 1. The maximum absolute atomic E-state index is 13.5. The van der Waals surface area contributed by atoms with E-state index < -0.39 is 29.5 Å². The molecule has 0 fully saturated rings. The van der Waals surface area contributed by atoms with Crippen LogP contribution in [0.2, 0.25) is 0 Å². The molecule has 0 spiro atoms. The molecule has 0 aliphatic heterocycles. The fourth-order valence-electron chi connectivity index (χ4n) is 3.75. The molecule has 2 amide bonds. The van der Waals surface area contributed by atoms with Crippen LogP contribution in [-0.2, 0) is 38.0 Å². The summed E-state index contributed by atoms with van der Waals surface area (Å²) in [7, 11) is 1.25. The van der Waals surface area contributed by atoms with Crippen molar-refractivity contribution in [3.8, 4) is 10.6 Å². The van der Waals surface area contributed by atoms with Crippen molar-refractivity contribution in [2.75, 3.05) is 12.6 Å². The lowest BCUT2D eigenvalue weighted by atomic mass is 10.0. The molecule has 2 heterocycles. The molecular weight excluding hydrogens is 561 g/mol. The van der Waals surface area contributed by atoms with E-state index in [-0.39, 0.29) is 12.3 Å². The van der Waals surface area contributed by atoms with Crippen LogP contribution in [0.1, 0.15) is 22.2 Å². The van der Waals surface area contributed by atoms with E-state index in [1.807, 2.05) is 65.4 Å². The van der Waals surface area contributed by atoms with Crippen LogP contribution in [-0.4, -0.2) is 38.9 Å². The molecule has 0 aliphatic carbocycles. The number of nitrogens with zero attached hydrogens (tertiary/aromatic N) is 1. The molecular formula is C26H26N4O6S3. The van der Waals surface area contributed by atoms with Gasteiger partial charge in [0.25, 0.3) is 0 Å². The summed E-state index contributed by atoms with van der Waals surface area (Å²) in [6, 6.07) is 19.0. The Morgan fingerprint density at radius 1 is 0.974 bits per heavy atom. The van der Waals surface area contributed by atoms with Gasteiger partial charge in [0.15, 0.2) is 0 Å². The van der Waals surface area contributed by atoms with E-state index in [9.17, 15) is 13.8 Å². The maximum atomic E-state index is 13.5. The summed E-state index contributed by atoms with van der Waals surface area (Å²) in [5, 5.41) is 10.4. The monoisotopic (exact) mass is 586 g/mol. The summed E-state index contributed by atoms with van der Waals surface area (Å²) in [5.74, 6) is -0.376. The second kappa shape index (κ2) is 14.0. The average molecular weight is 587 g/mol. The summed E-state index contributed by atoms with van der Waals surface area (Å²) >= 11 is 0.569. The van der Waals surface area contributed by atoms with Gasteiger partial charge in [-0.05, 0) is 41.1 Å². The van der Waals surface area contributed by atoms with Crippen molar-refractivity contribution in [3.63, 3.8) is 0 Å². The first-order valence-corrected chi connectivity index (χ1v) is 14.5. The van der Waals surface area contributed by atoms with Crippen LogP contribution in [0, 0.1) is 0 Å². The number of amides is 2. The van der Waals surface area contributed by atoms with Crippen LogP contribution in [0.15, 0.2) is 77.5 Å². The smallest absolute Gasteiger partial charge is 0.407 e. The first-order valence-electron chi connectivity index (χ1n) is 11.7. The number of thiazole rings is 1. The van der Waals surface area contributed by atoms with E-state index in [1.54, 1.807) is 23.5 Å². The lowest BCUT2D eigenvalue weighted by Gasteiger charge is -2.22. The zero-order valence-corrected chi connectivity index (χ0v) is 23.2. The molecule has 10 nitrogen and oxygen atoms in total. The Morgan fingerprint density at radius 2 is 1.72 bits per heavy atom. The third-order valence-electron chi connectivity index (χ3n) is 5.61. The highest BCUT2D eigenvalue weighted by Gasteiger charge is 2.26. The molecule has 0 saturated carbocycles. The molecule has 204 valence electrons. The first-order chi connectivity index (χ1) is 18.9. The van der Waals surface area contributed by atoms with E-state index in [2.05, 4.69) is 20.4 Å². The van der Waals surface area contributed by atoms with Gasteiger partial charge in [0, 0.05) is 11.8 Å². The summed E-state index contributed by atoms with van der Waals surface area (Å²) < 4.78 is 28.8. The predicted octanol–water partition coefficient (Wildman–Crippen LogP) is 4.72. The summed E-state index contributed by atoms with van der Waals surface area (Å²) in [5.41, 5.74) is 5.46. The Labute approximate surface area is 235 Å². The third kappa shape index (κ3) is 8.43. The molecule has 4 rings (SSSR count). The molecule has 39 heavy (non-hydrogen) atoms. The Morgan fingerprint density at radius 3 is 2.38 bits per heavy atom. The Bertz CT molecular complexity index is 1380. The van der Waals surface area contributed by atoms with Crippen molar-refractivity contribution >= 4 is 51.7 Å². The van der Waals surface area contributed by atoms with Gasteiger partial charge in [-0.3, -0.25) is 9.35 Å². The van der Waals surface area contributed by atoms with Gasteiger partial charge in [0.2, 0.25) is 5.91 Å².